The highest BCUT2D eigenvalue weighted by Gasteiger charge is 2.44. The molecule has 0 bridgehead atoms. The summed E-state index contributed by atoms with van der Waals surface area (Å²) in [4.78, 5) is 55.9. The molecule has 24 heteroatoms. The van der Waals surface area contributed by atoms with Gasteiger partial charge in [-0.2, -0.15) is 0 Å². The van der Waals surface area contributed by atoms with E-state index in [4.69, 9.17) is 28.3 Å². The van der Waals surface area contributed by atoms with Gasteiger partial charge in [0.05, 0.1) is 11.5 Å². The summed E-state index contributed by atoms with van der Waals surface area (Å²) < 4.78 is 0. The normalized spacial score (nSPS) is 14.4. The van der Waals surface area contributed by atoms with Crippen LogP contribution in [0, 0.1) is 19.3 Å². The summed E-state index contributed by atoms with van der Waals surface area (Å²) in [6.45, 7) is 3.93. The molecular formula is C32H59B10N9O5. The summed E-state index contributed by atoms with van der Waals surface area (Å²) >= 11 is 0. The van der Waals surface area contributed by atoms with Gasteiger partial charge in [-0.25, -0.2) is 0 Å². The van der Waals surface area contributed by atoms with Crippen molar-refractivity contribution in [1.29, 1.82) is 5.41 Å². The largest absolute Gasteiger partial charge is 0.508 e. The van der Waals surface area contributed by atoms with Gasteiger partial charge < -0.3 is 49.3 Å². The zero-order valence-electron chi connectivity index (χ0n) is 35.7. The van der Waals surface area contributed by atoms with Crippen LogP contribution >= 0.6 is 0 Å². The molecule has 2 rings (SSSR count). The first-order valence-corrected chi connectivity index (χ1v) is 19.4. The molecule has 0 spiro atoms. The van der Waals surface area contributed by atoms with Crippen LogP contribution in [0.1, 0.15) is 54.4 Å². The second kappa shape index (κ2) is 19.4. The van der Waals surface area contributed by atoms with Crippen molar-refractivity contribution in [3.8, 4) is 5.75 Å². The number of nitrogens with one attached hydrogen (secondary N) is 5. The lowest BCUT2D eigenvalue weighted by Crippen LogP contribution is -2.69. The summed E-state index contributed by atoms with van der Waals surface area (Å²) in [5.74, 6) is -2.71. The zero-order valence-corrected chi connectivity index (χ0v) is 35.7. The number of carbonyl (C=O) groups excluding carboxylic acids is 4. The molecule has 0 saturated carbocycles. The molecule has 0 heterocycles. The van der Waals surface area contributed by atoms with Crippen molar-refractivity contribution in [3.05, 3.63) is 34.4 Å². The minimum Gasteiger partial charge on any atom is -0.508 e. The average molecular weight is 758 g/mol. The minimum absolute atomic E-state index is 0.0310. The monoisotopic (exact) mass is 760 g/mol. The number of amides is 4. The number of carbonyl (C=O) groups is 4. The van der Waals surface area contributed by atoms with Crippen molar-refractivity contribution < 1.29 is 24.3 Å². The van der Waals surface area contributed by atoms with Crippen molar-refractivity contribution in [2.45, 2.75) is 86.5 Å². The number of phenolic OH excluding ortho intramolecular Hbond substituents is 1. The summed E-state index contributed by atoms with van der Waals surface area (Å²) in [6.07, 6.45) is 1.84. The first kappa shape index (κ1) is 48.1. The third kappa shape index (κ3) is 12.5. The van der Waals surface area contributed by atoms with Gasteiger partial charge in [-0.1, -0.05) is 29.3 Å². The van der Waals surface area contributed by atoms with Gasteiger partial charge in [0.2, 0.25) is 23.6 Å². The highest BCUT2D eigenvalue weighted by atomic mass is 16.3. The number of aryl methyl sites for hydroxylation is 2. The van der Waals surface area contributed by atoms with Gasteiger partial charge in [0.15, 0.2) is 5.96 Å². The number of nitrogens with two attached hydrogens (primary N) is 4. The van der Waals surface area contributed by atoms with Gasteiger partial charge >= 0.3 is 0 Å². The van der Waals surface area contributed by atoms with Crippen molar-refractivity contribution in [2.75, 3.05) is 6.54 Å². The van der Waals surface area contributed by atoms with Crippen molar-refractivity contribution in [1.82, 2.24) is 21.3 Å². The lowest BCUT2D eigenvalue weighted by atomic mass is 9.42. The Morgan fingerprint density at radius 2 is 1.34 bits per heavy atom. The molecule has 0 unspecified atom stereocenters. The van der Waals surface area contributed by atoms with E-state index in [0.717, 1.165) is 38.4 Å². The first-order valence-electron chi connectivity index (χ1n) is 19.4. The second-order valence-electron chi connectivity index (χ2n) is 17.1. The topological polar surface area (TPSA) is 265 Å². The second-order valence-corrected chi connectivity index (χ2v) is 17.1. The van der Waals surface area contributed by atoms with E-state index >= 15 is 0 Å². The standard InChI is InChI=1S/C32H59B10N9O5/c1-12-9-14(52)10-13(2)15(12)11-17(49-26(54)16(43)5-3-8-48-29(45)46)27(55)51-30(38,6-4-7-31(39,40)47)28(56)50-24(25(44)53)32(41,42)18-19(33)21(35)23(37)22(36)20(18)34/h9-10,16-17,24,52H,3-8,11,33-43,47H2,1-2H3,(H2,44,53)(H,49,54)(H,50,56)(H,51,55)(H4,45,46,48)/t16-,17+,24-,30+/m1/s1. The third-order valence-corrected chi connectivity index (χ3v) is 11.4. The van der Waals surface area contributed by atoms with Crippen LogP contribution in [-0.4, -0.2) is 149 Å². The molecule has 0 aliphatic rings. The quantitative estimate of drug-likeness (QED) is 0.0282. The van der Waals surface area contributed by atoms with Crippen molar-refractivity contribution >= 4 is 135 Å². The van der Waals surface area contributed by atoms with E-state index in [2.05, 4.69) is 29.1 Å². The van der Waals surface area contributed by atoms with Crippen LogP contribution in [0.15, 0.2) is 12.1 Å². The SMILES string of the molecule is Bc1c(B)c(B)c(C(B)(B)[C@H](NC(=O)[C@](B)(CCCC(B)(B)N)NC(=O)[C@H](Cc2c(C)cc(O)cc2C)NC(=O)[C@H](N)CCCNC(=N)N)C(N)=O)c(B)c1B. The number of hydrogen-bond acceptors (Lipinski definition) is 8. The zero-order chi connectivity index (χ0) is 43.1. The van der Waals surface area contributed by atoms with Crippen LogP contribution in [0.25, 0.3) is 0 Å². The number of phenols is 1. The van der Waals surface area contributed by atoms with Crippen LogP contribution in [0.5, 0.6) is 5.75 Å². The van der Waals surface area contributed by atoms with E-state index in [0.29, 0.717) is 36.9 Å². The van der Waals surface area contributed by atoms with Crippen LogP contribution in [0.3, 0.4) is 0 Å². The fourth-order valence-electron chi connectivity index (χ4n) is 7.66. The first-order chi connectivity index (χ1) is 25.6. The fourth-order valence-corrected chi connectivity index (χ4v) is 7.66. The lowest BCUT2D eigenvalue weighted by Gasteiger charge is -2.40. The lowest BCUT2D eigenvalue weighted by molar-refractivity contribution is -0.135. The van der Waals surface area contributed by atoms with E-state index in [9.17, 15) is 24.3 Å². The number of hydrogen-bond donors (Lipinski definition) is 10. The Bertz CT molecular complexity index is 1780. The van der Waals surface area contributed by atoms with Gasteiger partial charge in [-0.3, -0.25) is 24.6 Å². The molecule has 0 aliphatic heterocycles. The van der Waals surface area contributed by atoms with Gasteiger partial charge in [-0.05, 0) is 72.5 Å². The summed E-state index contributed by atoms with van der Waals surface area (Å²) in [5.41, 5.74) is 30.8. The number of benzene rings is 2. The van der Waals surface area contributed by atoms with Gasteiger partial charge in [0.1, 0.15) is 96.3 Å². The highest BCUT2D eigenvalue weighted by molar-refractivity contribution is 6.68. The molecule has 4 amide bonds. The molecule has 0 saturated heterocycles. The summed E-state index contributed by atoms with van der Waals surface area (Å²) in [7, 11) is 19.2. The van der Waals surface area contributed by atoms with Crippen molar-refractivity contribution in [3.63, 3.8) is 0 Å². The maximum absolute atomic E-state index is 14.6. The van der Waals surface area contributed by atoms with Gasteiger partial charge in [0, 0.05) is 13.0 Å². The molecule has 14 nitrogen and oxygen atoms in total. The number of primary amides is 1. The Hall–Kier alpha value is -4.04. The fraction of sp³-hybridized carbons (Fsp3) is 0.469. The van der Waals surface area contributed by atoms with E-state index in [1.807, 2.05) is 62.8 Å². The van der Waals surface area contributed by atoms with Crippen molar-refractivity contribution in [2.24, 2.45) is 22.9 Å². The molecule has 0 aliphatic carbocycles. The Kier molecular flexibility index (Phi) is 16.7. The Balaban J connectivity index is 2.60. The van der Waals surface area contributed by atoms with E-state index in [1.54, 1.807) is 33.8 Å². The predicted molar refractivity (Wildman–Crippen MR) is 255 cm³/mol. The molecule has 0 aromatic heterocycles. The summed E-state index contributed by atoms with van der Waals surface area (Å²) in [6, 6.07) is -0.182. The predicted octanol–water partition coefficient (Wildman–Crippen LogP) is -14.5. The van der Waals surface area contributed by atoms with Gasteiger partial charge in [-0.15, -0.1) is 16.4 Å². The van der Waals surface area contributed by atoms with Crippen LogP contribution < -0.4 is 71.5 Å². The van der Waals surface area contributed by atoms with E-state index in [1.165, 1.54) is 0 Å². The number of aromatic hydroxyl groups is 1. The number of guanidine groups is 1. The van der Waals surface area contributed by atoms with E-state index in [-0.39, 0.29) is 31.0 Å². The third-order valence-electron chi connectivity index (χ3n) is 11.4. The van der Waals surface area contributed by atoms with Crippen LogP contribution in [0.2, 0.25) is 0 Å². The molecule has 2 aromatic carbocycles. The summed E-state index contributed by atoms with van der Waals surface area (Å²) in [5, 5.41) is 27.4. The van der Waals surface area contributed by atoms with Crippen LogP contribution in [0.4, 0.5) is 0 Å². The highest BCUT2D eigenvalue weighted by Crippen LogP contribution is 2.24. The average Bonchev–Trinajstić information content (AvgIpc) is 3.06. The molecule has 56 heavy (non-hydrogen) atoms. The molecule has 2 aromatic rings. The van der Waals surface area contributed by atoms with Crippen LogP contribution in [-0.2, 0) is 30.8 Å². The Labute approximate surface area is 341 Å². The Morgan fingerprint density at radius 3 is 1.82 bits per heavy atom. The van der Waals surface area contributed by atoms with E-state index < -0.39 is 57.7 Å². The Morgan fingerprint density at radius 1 is 0.821 bits per heavy atom. The maximum Gasteiger partial charge on any atom is 0.243 e. The minimum atomic E-state index is -1.59. The van der Waals surface area contributed by atoms with Gasteiger partial charge in [0.25, 0.3) is 0 Å². The molecule has 0 radical (unpaired) electrons. The molecule has 4 atom stereocenters. The maximum atomic E-state index is 14.6. The molecule has 0 fully saturated rings. The number of rotatable bonds is 19. The molecule has 292 valence electrons. The molecule has 14 N–H and O–H groups in total. The molecular weight excluding hydrogens is 699 g/mol. The smallest absolute Gasteiger partial charge is 0.243 e.